The summed E-state index contributed by atoms with van der Waals surface area (Å²) in [7, 11) is 3.25. The van der Waals surface area contributed by atoms with Crippen LogP contribution in [-0.4, -0.2) is 5.91 Å². The molecule has 58 valence electrons. The van der Waals surface area contributed by atoms with Gasteiger partial charge in [-0.25, -0.2) is 0 Å². The smallest absolute Gasteiger partial charge is 0.226 e. The van der Waals surface area contributed by atoms with Crippen LogP contribution < -0.4 is 5.32 Å². The first kappa shape index (κ1) is 10.1. The molecule has 0 spiro atoms. The zero-order valence-corrected chi connectivity index (χ0v) is 8.37. The van der Waals surface area contributed by atoms with Gasteiger partial charge in [0.05, 0.1) is 0 Å². The van der Waals surface area contributed by atoms with Gasteiger partial charge in [-0.3, -0.25) is 4.79 Å². The van der Waals surface area contributed by atoms with Crippen molar-refractivity contribution < 1.29 is 4.79 Å². The number of rotatable bonds is 3. The summed E-state index contributed by atoms with van der Waals surface area (Å²) < 4.78 is 0. The molecule has 0 aromatic rings. The van der Waals surface area contributed by atoms with E-state index in [0.29, 0.717) is 8.27 Å². The zero-order chi connectivity index (χ0) is 7.98. The summed E-state index contributed by atoms with van der Waals surface area (Å²) in [5, 5.41) is 2.66. The Morgan fingerprint density at radius 1 is 1.70 bits per heavy atom. The molecule has 4 heteroatoms. The second-order valence-corrected chi connectivity index (χ2v) is 3.83. The molecule has 10 heavy (non-hydrogen) atoms. The molecule has 2 unspecified atom stereocenters. The molecule has 0 rings (SSSR count). The van der Waals surface area contributed by atoms with Gasteiger partial charge >= 0.3 is 0 Å². The van der Waals surface area contributed by atoms with Crippen molar-refractivity contribution in [2.24, 2.45) is 5.92 Å². The predicted octanol–water partition coefficient (Wildman–Crippen LogP) is 1.70. The van der Waals surface area contributed by atoms with Crippen LogP contribution >= 0.6 is 17.2 Å². The second kappa shape index (κ2) is 5.82. The highest BCUT2D eigenvalue weighted by Crippen LogP contribution is 2.19. The number of nitrogens with one attached hydrogen (secondary N) is 1. The van der Waals surface area contributed by atoms with Crippen molar-refractivity contribution >= 4 is 23.1 Å². The minimum atomic E-state index is 0.0671. The van der Waals surface area contributed by atoms with Crippen molar-refractivity contribution in [3.63, 3.8) is 0 Å². The molecule has 0 fully saturated rings. The number of hydrogen-bond donors (Lipinski definition) is 1. The van der Waals surface area contributed by atoms with E-state index in [9.17, 15) is 4.79 Å². The van der Waals surface area contributed by atoms with Crippen molar-refractivity contribution in [3.05, 3.63) is 12.0 Å². The molecule has 0 aliphatic carbocycles. The Morgan fingerprint density at radius 3 is 2.70 bits per heavy atom. The molecule has 0 aliphatic rings. The Balaban J connectivity index is 3.49. The monoisotopic (exact) mass is 177 g/mol. The molecule has 0 heterocycles. The SMILES string of the molecule is CC(C)C(=O)N/C=C/PP. The number of hydrogen-bond acceptors (Lipinski definition) is 1. The van der Waals surface area contributed by atoms with Crippen LogP contribution in [0.1, 0.15) is 13.8 Å². The largest absolute Gasteiger partial charge is 0.332 e. The van der Waals surface area contributed by atoms with Crippen LogP contribution in [0.4, 0.5) is 0 Å². The van der Waals surface area contributed by atoms with E-state index in [2.05, 4.69) is 14.2 Å². The maximum absolute atomic E-state index is 10.9. The minimum absolute atomic E-state index is 0.0671. The first-order valence-corrected chi connectivity index (χ1v) is 5.98. The van der Waals surface area contributed by atoms with Crippen LogP contribution in [0.2, 0.25) is 0 Å². The van der Waals surface area contributed by atoms with Gasteiger partial charge in [-0.1, -0.05) is 22.1 Å². The lowest BCUT2D eigenvalue weighted by Crippen LogP contribution is -2.22. The molecule has 0 saturated carbocycles. The van der Waals surface area contributed by atoms with Crippen molar-refractivity contribution in [3.8, 4) is 0 Å². The average molecular weight is 177 g/mol. The number of carbonyl (C=O) groups is 1. The summed E-state index contributed by atoms with van der Waals surface area (Å²) in [4.78, 5) is 10.9. The van der Waals surface area contributed by atoms with Gasteiger partial charge < -0.3 is 5.32 Å². The fourth-order valence-electron chi connectivity index (χ4n) is 0.339. The van der Waals surface area contributed by atoms with Gasteiger partial charge in [0.15, 0.2) is 0 Å². The van der Waals surface area contributed by atoms with Crippen molar-refractivity contribution in [2.45, 2.75) is 13.8 Å². The molecule has 0 aromatic carbocycles. The van der Waals surface area contributed by atoms with E-state index >= 15 is 0 Å². The van der Waals surface area contributed by atoms with Crippen molar-refractivity contribution in [1.82, 2.24) is 5.32 Å². The van der Waals surface area contributed by atoms with E-state index in [1.165, 1.54) is 0 Å². The predicted molar refractivity (Wildman–Crippen MR) is 50.1 cm³/mol. The zero-order valence-electron chi connectivity index (χ0n) is 6.22. The molecular weight excluding hydrogens is 164 g/mol. The minimum Gasteiger partial charge on any atom is -0.332 e. The van der Waals surface area contributed by atoms with Crippen LogP contribution in [0.15, 0.2) is 12.0 Å². The van der Waals surface area contributed by atoms with E-state index in [1.807, 2.05) is 19.7 Å². The van der Waals surface area contributed by atoms with Crippen molar-refractivity contribution in [2.75, 3.05) is 0 Å². The van der Waals surface area contributed by atoms with E-state index in [4.69, 9.17) is 0 Å². The highest BCUT2D eigenvalue weighted by molar-refractivity contribution is 8.04. The molecule has 2 atom stereocenters. The maximum Gasteiger partial charge on any atom is 0.226 e. The van der Waals surface area contributed by atoms with Gasteiger partial charge in [0, 0.05) is 12.1 Å². The van der Waals surface area contributed by atoms with Crippen LogP contribution in [0.5, 0.6) is 0 Å². The first-order chi connectivity index (χ1) is 4.68. The molecule has 0 aliphatic heterocycles. The third-order valence-electron chi connectivity index (χ3n) is 0.930. The molecular formula is C6H13NOP2. The molecule has 1 N–H and O–H groups in total. The molecule has 0 bridgehead atoms. The third kappa shape index (κ3) is 4.90. The Labute approximate surface area is 65.7 Å². The maximum atomic E-state index is 10.9. The van der Waals surface area contributed by atoms with Crippen LogP contribution in [0.3, 0.4) is 0 Å². The molecule has 0 saturated heterocycles. The average Bonchev–Trinajstić information content (AvgIpc) is 1.88. The highest BCUT2D eigenvalue weighted by Gasteiger charge is 2.01. The van der Waals surface area contributed by atoms with Gasteiger partial charge in [-0.15, -0.1) is 8.93 Å². The first-order valence-electron chi connectivity index (χ1n) is 3.10. The quantitative estimate of drug-likeness (QED) is 0.653. The van der Waals surface area contributed by atoms with E-state index in [-0.39, 0.29) is 11.8 Å². The summed E-state index contributed by atoms with van der Waals surface area (Å²) in [5.74, 6) is 2.04. The summed E-state index contributed by atoms with van der Waals surface area (Å²) in [6.07, 6.45) is 1.69. The molecule has 1 amide bonds. The van der Waals surface area contributed by atoms with Crippen LogP contribution in [0.25, 0.3) is 0 Å². The standard InChI is InChI=1S/C6H13NOP2/c1-5(2)6(8)7-3-4-10-9/h3-5,10H,9H2,1-2H3,(H,7,8)/b4-3+. The van der Waals surface area contributed by atoms with E-state index in [1.54, 1.807) is 6.20 Å². The van der Waals surface area contributed by atoms with Gasteiger partial charge in [0.25, 0.3) is 0 Å². The Morgan fingerprint density at radius 2 is 2.30 bits per heavy atom. The normalized spacial score (nSPS) is 12.0. The highest BCUT2D eigenvalue weighted by atomic mass is 32.0. The fourth-order valence-corrected chi connectivity index (χ4v) is 0.807. The lowest BCUT2D eigenvalue weighted by atomic mass is 10.2. The molecule has 2 nitrogen and oxygen atoms in total. The summed E-state index contributed by atoms with van der Waals surface area (Å²) in [5.41, 5.74) is 0. The summed E-state index contributed by atoms with van der Waals surface area (Å²) in [6, 6.07) is 0. The fraction of sp³-hybridized carbons (Fsp3) is 0.500. The Bertz CT molecular complexity index is 134. The van der Waals surface area contributed by atoms with Gasteiger partial charge in [-0.2, -0.15) is 0 Å². The van der Waals surface area contributed by atoms with E-state index in [0.717, 1.165) is 0 Å². The third-order valence-corrected chi connectivity index (χ3v) is 1.87. The number of amides is 1. The molecule has 0 radical (unpaired) electrons. The topological polar surface area (TPSA) is 29.1 Å². The van der Waals surface area contributed by atoms with Crippen LogP contribution in [-0.2, 0) is 4.79 Å². The van der Waals surface area contributed by atoms with Gasteiger partial charge in [0.1, 0.15) is 0 Å². The van der Waals surface area contributed by atoms with Gasteiger partial charge in [0.2, 0.25) is 5.91 Å². The van der Waals surface area contributed by atoms with Crippen LogP contribution in [0, 0.1) is 5.92 Å². The number of carbonyl (C=O) groups excluding carboxylic acids is 1. The Hall–Kier alpha value is 0.0700. The van der Waals surface area contributed by atoms with E-state index < -0.39 is 0 Å². The Kier molecular flexibility index (Phi) is 5.87. The summed E-state index contributed by atoms with van der Waals surface area (Å²) in [6.45, 7) is 3.73. The summed E-state index contributed by atoms with van der Waals surface area (Å²) >= 11 is 0. The lowest BCUT2D eigenvalue weighted by molar-refractivity contribution is -0.123. The van der Waals surface area contributed by atoms with Gasteiger partial charge in [-0.05, 0) is 5.82 Å². The van der Waals surface area contributed by atoms with Crippen molar-refractivity contribution in [1.29, 1.82) is 0 Å². The lowest BCUT2D eigenvalue weighted by Gasteiger charge is -2.00. The molecule has 0 aromatic heterocycles. The second-order valence-electron chi connectivity index (χ2n) is 2.16.